The Hall–Kier alpha value is -2.77. The summed E-state index contributed by atoms with van der Waals surface area (Å²) in [6, 6.07) is 8.67. The van der Waals surface area contributed by atoms with Crippen LogP contribution in [0.4, 0.5) is 9.59 Å². The number of amides is 4. The summed E-state index contributed by atoms with van der Waals surface area (Å²) >= 11 is 0. The third-order valence-corrected chi connectivity index (χ3v) is 8.67. The molecule has 1 unspecified atom stereocenters. The summed E-state index contributed by atoms with van der Waals surface area (Å²) in [5.74, 6) is -0.138. The van der Waals surface area contributed by atoms with Gasteiger partial charge in [-0.15, -0.1) is 0 Å². The van der Waals surface area contributed by atoms with Crippen molar-refractivity contribution in [3.8, 4) is 0 Å². The average Bonchev–Trinajstić information content (AvgIpc) is 3.08. The zero-order valence-corrected chi connectivity index (χ0v) is 30.2. The van der Waals surface area contributed by atoms with Gasteiger partial charge in [0.2, 0.25) is 5.91 Å². The van der Waals surface area contributed by atoms with Crippen molar-refractivity contribution >= 4 is 18.0 Å². The summed E-state index contributed by atoms with van der Waals surface area (Å²) in [7, 11) is 0. The van der Waals surface area contributed by atoms with Crippen molar-refractivity contribution in [1.29, 1.82) is 0 Å². The number of carbonyl (C=O) groups excluding carboxylic acids is 3. The number of urea groups is 1. The van der Waals surface area contributed by atoms with Gasteiger partial charge in [-0.2, -0.15) is 0 Å². The lowest BCUT2D eigenvalue weighted by atomic mass is 10.0. The van der Waals surface area contributed by atoms with Gasteiger partial charge in [-0.05, 0) is 37.7 Å². The van der Waals surface area contributed by atoms with Gasteiger partial charge >= 0.3 is 12.1 Å². The van der Waals surface area contributed by atoms with E-state index in [1.54, 1.807) is 0 Å². The Morgan fingerprint density at radius 2 is 1.00 bits per heavy atom. The molecule has 0 aromatic heterocycles. The Morgan fingerprint density at radius 3 is 1.53 bits per heavy atom. The van der Waals surface area contributed by atoms with Crippen molar-refractivity contribution in [2.24, 2.45) is 0 Å². The molecule has 0 radical (unpaired) electrons. The molecule has 0 saturated carbocycles. The van der Waals surface area contributed by atoms with Crippen LogP contribution in [0.3, 0.4) is 0 Å². The van der Waals surface area contributed by atoms with Gasteiger partial charge in [-0.3, -0.25) is 4.79 Å². The fourth-order valence-corrected chi connectivity index (χ4v) is 5.68. The molecule has 1 aromatic carbocycles. The van der Waals surface area contributed by atoms with E-state index >= 15 is 0 Å². The van der Waals surface area contributed by atoms with Crippen molar-refractivity contribution < 1.29 is 19.1 Å². The molecule has 0 bridgehead atoms. The number of benzene rings is 1. The molecule has 47 heavy (non-hydrogen) atoms. The summed E-state index contributed by atoms with van der Waals surface area (Å²) in [6.45, 7) is 6.39. The lowest BCUT2D eigenvalue weighted by Gasteiger charge is -2.19. The van der Waals surface area contributed by atoms with Crippen LogP contribution in [0, 0.1) is 0 Å². The molecule has 0 aliphatic carbocycles. The second-order valence-electron chi connectivity index (χ2n) is 13.1. The van der Waals surface area contributed by atoms with Crippen LogP contribution in [0.25, 0.3) is 0 Å². The van der Waals surface area contributed by atoms with Gasteiger partial charge in [0.25, 0.3) is 0 Å². The van der Waals surface area contributed by atoms with Gasteiger partial charge in [-0.1, -0.05) is 160 Å². The van der Waals surface area contributed by atoms with Crippen LogP contribution >= 0.6 is 0 Å². The Kier molecular flexibility index (Phi) is 28.6. The number of rotatable bonds is 31. The molecule has 1 aromatic rings. The van der Waals surface area contributed by atoms with Gasteiger partial charge in [0, 0.05) is 19.6 Å². The molecule has 4 amide bonds. The van der Waals surface area contributed by atoms with Crippen LogP contribution in [-0.2, 0) is 16.1 Å². The number of ether oxygens (including phenoxy) is 1. The second kappa shape index (κ2) is 31.8. The van der Waals surface area contributed by atoms with E-state index in [0.717, 1.165) is 31.2 Å². The van der Waals surface area contributed by atoms with Crippen LogP contribution < -0.4 is 21.3 Å². The molecule has 1 atom stereocenters. The van der Waals surface area contributed by atoms with E-state index in [2.05, 4.69) is 35.1 Å². The quantitative estimate of drug-likeness (QED) is 0.0596. The predicted octanol–water partition coefficient (Wildman–Crippen LogP) is 9.71. The van der Waals surface area contributed by atoms with E-state index in [9.17, 15) is 14.4 Å². The number of carbonyl (C=O) groups is 3. The molecule has 0 fully saturated rings. The standard InChI is InChI=1S/C39H70N4O4/c1-3-5-7-9-11-12-13-14-15-16-17-18-20-26-32-41-38(45)43-36(37(44)40-31-25-19-10-8-6-4-2)30-24-27-33-42-39(46)47-34-35-28-22-21-23-29-35/h21-23,28-29,36H,3-20,24-27,30-34H2,1-2H3,(H,40,44)(H,42,46)(H2,41,43,45). The highest BCUT2D eigenvalue weighted by Crippen LogP contribution is 2.13. The molecule has 8 heteroatoms. The van der Waals surface area contributed by atoms with Gasteiger partial charge in [-0.25, -0.2) is 9.59 Å². The summed E-state index contributed by atoms with van der Waals surface area (Å²) < 4.78 is 5.26. The lowest BCUT2D eigenvalue weighted by Crippen LogP contribution is -2.50. The third-order valence-electron chi connectivity index (χ3n) is 8.67. The first kappa shape index (κ1) is 42.3. The van der Waals surface area contributed by atoms with E-state index in [1.807, 2.05) is 30.3 Å². The third kappa shape index (κ3) is 26.9. The Morgan fingerprint density at radius 1 is 0.553 bits per heavy atom. The summed E-state index contributed by atoms with van der Waals surface area (Å²) in [6.07, 6.45) is 26.6. The number of nitrogens with one attached hydrogen (secondary N) is 4. The molecule has 1 rings (SSSR count). The molecule has 4 N–H and O–H groups in total. The van der Waals surface area contributed by atoms with Crippen LogP contribution in [0.15, 0.2) is 30.3 Å². The van der Waals surface area contributed by atoms with E-state index in [-0.39, 0.29) is 18.5 Å². The number of unbranched alkanes of at least 4 members (excludes halogenated alkanes) is 19. The highest BCUT2D eigenvalue weighted by Gasteiger charge is 2.20. The van der Waals surface area contributed by atoms with Crippen molar-refractivity contribution in [3.63, 3.8) is 0 Å². The average molecular weight is 659 g/mol. The highest BCUT2D eigenvalue weighted by molar-refractivity contribution is 5.86. The normalized spacial score (nSPS) is 11.5. The highest BCUT2D eigenvalue weighted by atomic mass is 16.5. The molecule has 8 nitrogen and oxygen atoms in total. The van der Waals surface area contributed by atoms with E-state index in [0.29, 0.717) is 38.9 Å². The first-order chi connectivity index (χ1) is 23.1. The molecule has 0 aliphatic rings. The zero-order valence-electron chi connectivity index (χ0n) is 30.2. The topological polar surface area (TPSA) is 109 Å². The SMILES string of the molecule is CCCCCCCCCCCCCCCCNC(=O)NC(CCCCNC(=O)OCc1ccccc1)C(=O)NCCCCCCCC. The summed E-state index contributed by atoms with van der Waals surface area (Å²) in [5.41, 5.74) is 0.936. The van der Waals surface area contributed by atoms with Crippen LogP contribution in [0.1, 0.15) is 167 Å². The lowest BCUT2D eigenvalue weighted by molar-refractivity contribution is -0.123. The fourth-order valence-electron chi connectivity index (χ4n) is 5.68. The number of hydrogen-bond donors (Lipinski definition) is 4. The largest absolute Gasteiger partial charge is 0.445 e. The Bertz CT molecular complexity index is 883. The maximum absolute atomic E-state index is 13.0. The smallest absolute Gasteiger partial charge is 0.407 e. The maximum atomic E-state index is 13.0. The van der Waals surface area contributed by atoms with E-state index in [4.69, 9.17) is 4.74 Å². The van der Waals surface area contributed by atoms with Crippen LogP contribution in [0.5, 0.6) is 0 Å². The predicted molar refractivity (Wildman–Crippen MR) is 196 cm³/mol. The fraction of sp³-hybridized carbons (Fsp3) is 0.769. The van der Waals surface area contributed by atoms with Crippen LogP contribution in [0.2, 0.25) is 0 Å². The monoisotopic (exact) mass is 659 g/mol. The van der Waals surface area contributed by atoms with Crippen molar-refractivity contribution in [2.45, 2.75) is 174 Å². The summed E-state index contributed by atoms with van der Waals surface area (Å²) in [5, 5.41) is 11.6. The Labute approximate surface area is 287 Å². The van der Waals surface area contributed by atoms with Gasteiger partial charge < -0.3 is 26.0 Å². The van der Waals surface area contributed by atoms with Gasteiger partial charge in [0.15, 0.2) is 0 Å². The molecule has 0 heterocycles. The molecular weight excluding hydrogens is 588 g/mol. The van der Waals surface area contributed by atoms with Crippen molar-refractivity contribution in [3.05, 3.63) is 35.9 Å². The first-order valence-electron chi connectivity index (χ1n) is 19.3. The van der Waals surface area contributed by atoms with E-state index < -0.39 is 12.1 Å². The first-order valence-corrected chi connectivity index (χ1v) is 19.3. The molecule has 0 saturated heterocycles. The minimum atomic E-state index is -0.600. The molecular formula is C39H70N4O4. The van der Waals surface area contributed by atoms with Crippen molar-refractivity contribution in [1.82, 2.24) is 21.3 Å². The number of hydrogen-bond acceptors (Lipinski definition) is 4. The van der Waals surface area contributed by atoms with E-state index in [1.165, 1.54) is 103 Å². The summed E-state index contributed by atoms with van der Waals surface area (Å²) in [4.78, 5) is 37.7. The Balaban J connectivity index is 2.24. The molecule has 0 aliphatic heterocycles. The van der Waals surface area contributed by atoms with Gasteiger partial charge in [0.05, 0.1) is 0 Å². The molecule has 270 valence electrons. The van der Waals surface area contributed by atoms with Crippen LogP contribution in [-0.4, -0.2) is 43.7 Å². The second-order valence-corrected chi connectivity index (χ2v) is 13.1. The van der Waals surface area contributed by atoms with Gasteiger partial charge in [0.1, 0.15) is 12.6 Å². The van der Waals surface area contributed by atoms with Crippen molar-refractivity contribution in [2.75, 3.05) is 19.6 Å². The maximum Gasteiger partial charge on any atom is 0.407 e. The minimum Gasteiger partial charge on any atom is -0.445 e. The molecule has 0 spiro atoms. The minimum absolute atomic E-state index is 0.138. The number of alkyl carbamates (subject to hydrolysis) is 1. The zero-order chi connectivity index (χ0) is 34.0.